The van der Waals surface area contributed by atoms with Crippen LogP contribution in [-0.2, 0) is 0 Å². The summed E-state index contributed by atoms with van der Waals surface area (Å²) in [5, 5.41) is 6.50. The van der Waals surface area contributed by atoms with Gasteiger partial charge in [-0.1, -0.05) is 26.7 Å². The fourth-order valence-electron chi connectivity index (χ4n) is 2.49. The van der Waals surface area contributed by atoms with E-state index in [0.29, 0.717) is 5.56 Å². The first kappa shape index (κ1) is 15.8. The summed E-state index contributed by atoms with van der Waals surface area (Å²) in [6, 6.07) is 2.23. The van der Waals surface area contributed by atoms with Crippen molar-refractivity contribution < 1.29 is 4.79 Å². The molecule has 1 fully saturated rings. The van der Waals surface area contributed by atoms with Crippen LogP contribution in [0.2, 0.25) is 0 Å². The number of aryl methyl sites for hydroxylation is 1. The number of nitrogens with one attached hydrogen (secondary N) is 2. The molecule has 1 heterocycles. The van der Waals surface area contributed by atoms with Gasteiger partial charge in [-0.25, -0.2) is 0 Å². The van der Waals surface area contributed by atoms with E-state index in [0.717, 1.165) is 43.1 Å². The van der Waals surface area contributed by atoms with Gasteiger partial charge < -0.3 is 10.6 Å². The fourth-order valence-corrected chi connectivity index (χ4v) is 2.49. The highest BCUT2D eigenvalue weighted by atomic mass is 16.1. The van der Waals surface area contributed by atoms with Gasteiger partial charge in [-0.15, -0.1) is 0 Å². The van der Waals surface area contributed by atoms with E-state index in [1.54, 1.807) is 6.20 Å². The van der Waals surface area contributed by atoms with Crippen LogP contribution in [0.5, 0.6) is 0 Å². The first-order valence-corrected chi connectivity index (χ1v) is 8.15. The van der Waals surface area contributed by atoms with Crippen molar-refractivity contribution in [3.63, 3.8) is 0 Å². The van der Waals surface area contributed by atoms with Gasteiger partial charge in [-0.05, 0) is 38.2 Å². The maximum Gasteiger partial charge on any atom is 0.255 e. The highest BCUT2D eigenvalue weighted by Crippen LogP contribution is 2.34. The molecule has 1 aromatic heterocycles. The zero-order valence-electron chi connectivity index (χ0n) is 13.4. The summed E-state index contributed by atoms with van der Waals surface area (Å²) < 4.78 is 0. The summed E-state index contributed by atoms with van der Waals surface area (Å²) in [5.74, 6) is 0.817. The number of hydrogen-bond donors (Lipinski definition) is 2. The Bertz CT molecular complexity index is 483. The van der Waals surface area contributed by atoms with Crippen LogP contribution in [0.25, 0.3) is 0 Å². The Hall–Kier alpha value is -1.58. The molecule has 4 heteroatoms. The van der Waals surface area contributed by atoms with Crippen LogP contribution in [0, 0.1) is 12.8 Å². The predicted octanol–water partition coefficient (Wildman–Crippen LogP) is 3.52. The Morgan fingerprint density at radius 3 is 2.81 bits per heavy atom. The average Bonchev–Trinajstić information content (AvgIpc) is 3.28. The number of rotatable bonds is 8. The second kappa shape index (κ2) is 7.43. The van der Waals surface area contributed by atoms with Gasteiger partial charge >= 0.3 is 0 Å². The van der Waals surface area contributed by atoms with Gasteiger partial charge in [0, 0.05) is 24.5 Å². The molecule has 4 nitrogen and oxygen atoms in total. The monoisotopic (exact) mass is 289 g/mol. The van der Waals surface area contributed by atoms with Crippen LogP contribution in [0.15, 0.2) is 12.3 Å². The van der Waals surface area contributed by atoms with Crippen molar-refractivity contribution in [1.82, 2.24) is 10.3 Å². The average molecular weight is 289 g/mol. The van der Waals surface area contributed by atoms with Crippen LogP contribution in [0.1, 0.15) is 62.0 Å². The van der Waals surface area contributed by atoms with Crippen molar-refractivity contribution >= 4 is 11.6 Å². The van der Waals surface area contributed by atoms with Crippen LogP contribution in [-0.4, -0.2) is 23.5 Å². The van der Waals surface area contributed by atoms with E-state index in [4.69, 9.17) is 0 Å². The first-order valence-electron chi connectivity index (χ1n) is 8.15. The number of pyridine rings is 1. The van der Waals surface area contributed by atoms with Crippen molar-refractivity contribution in [3.05, 3.63) is 23.5 Å². The van der Waals surface area contributed by atoms with Gasteiger partial charge in [0.2, 0.25) is 0 Å². The molecule has 116 valence electrons. The molecule has 0 aromatic carbocycles. The van der Waals surface area contributed by atoms with Crippen molar-refractivity contribution in [3.8, 4) is 0 Å². The minimum absolute atomic E-state index is 0.00592. The maximum atomic E-state index is 12.5. The third-order valence-electron chi connectivity index (χ3n) is 3.99. The molecule has 1 saturated carbocycles. The molecule has 0 bridgehead atoms. The Morgan fingerprint density at radius 1 is 1.43 bits per heavy atom. The van der Waals surface area contributed by atoms with E-state index in [1.807, 2.05) is 13.0 Å². The summed E-state index contributed by atoms with van der Waals surface area (Å²) >= 11 is 0. The smallest absolute Gasteiger partial charge is 0.255 e. The molecule has 1 aliphatic rings. The van der Waals surface area contributed by atoms with Crippen molar-refractivity contribution in [2.45, 2.75) is 58.9 Å². The zero-order valence-corrected chi connectivity index (χ0v) is 13.4. The lowest BCUT2D eigenvalue weighted by atomic mass is 10.1. The molecule has 0 radical (unpaired) electrons. The van der Waals surface area contributed by atoms with Gasteiger partial charge in [0.15, 0.2) is 0 Å². The lowest BCUT2D eigenvalue weighted by Gasteiger charge is -2.18. The quantitative estimate of drug-likeness (QED) is 0.770. The number of carbonyl (C=O) groups excluding carboxylic acids is 1. The van der Waals surface area contributed by atoms with Gasteiger partial charge in [0.1, 0.15) is 0 Å². The van der Waals surface area contributed by atoms with E-state index in [-0.39, 0.29) is 11.9 Å². The van der Waals surface area contributed by atoms with Crippen LogP contribution < -0.4 is 10.6 Å². The summed E-state index contributed by atoms with van der Waals surface area (Å²) in [5.41, 5.74) is 2.47. The SMILES string of the molecule is CCCNc1cc(C)ncc1C(=O)NC(CC)CC1CC1. The lowest BCUT2D eigenvalue weighted by molar-refractivity contribution is 0.0933. The summed E-state index contributed by atoms with van der Waals surface area (Å²) in [6.07, 6.45) is 7.45. The van der Waals surface area contributed by atoms with Gasteiger partial charge in [0.25, 0.3) is 5.91 Å². The van der Waals surface area contributed by atoms with Crippen molar-refractivity contribution in [2.75, 3.05) is 11.9 Å². The molecule has 2 rings (SSSR count). The molecular formula is C17H27N3O. The van der Waals surface area contributed by atoms with Gasteiger partial charge in [0.05, 0.1) is 11.3 Å². The Balaban J connectivity index is 2.05. The predicted molar refractivity (Wildman–Crippen MR) is 86.6 cm³/mol. The normalized spacial score (nSPS) is 15.6. The van der Waals surface area contributed by atoms with Gasteiger partial charge in [-0.3, -0.25) is 9.78 Å². The lowest BCUT2D eigenvalue weighted by Crippen LogP contribution is -2.35. The molecule has 1 aliphatic carbocycles. The largest absolute Gasteiger partial charge is 0.384 e. The van der Waals surface area contributed by atoms with E-state index in [9.17, 15) is 4.79 Å². The third-order valence-corrected chi connectivity index (χ3v) is 3.99. The minimum atomic E-state index is -0.00592. The molecule has 2 N–H and O–H groups in total. The number of carbonyl (C=O) groups is 1. The number of anilines is 1. The third kappa shape index (κ3) is 4.73. The second-order valence-corrected chi connectivity index (χ2v) is 6.06. The van der Waals surface area contributed by atoms with Crippen LogP contribution in [0.4, 0.5) is 5.69 Å². The molecule has 21 heavy (non-hydrogen) atoms. The zero-order chi connectivity index (χ0) is 15.2. The molecule has 0 saturated heterocycles. The van der Waals surface area contributed by atoms with Gasteiger partial charge in [-0.2, -0.15) is 0 Å². The fraction of sp³-hybridized carbons (Fsp3) is 0.647. The molecular weight excluding hydrogens is 262 g/mol. The maximum absolute atomic E-state index is 12.5. The highest BCUT2D eigenvalue weighted by Gasteiger charge is 2.26. The van der Waals surface area contributed by atoms with E-state index in [2.05, 4.69) is 29.5 Å². The Labute approximate surface area is 127 Å². The standard InChI is InChI=1S/C17H27N3O/c1-4-8-18-16-9-12(3)19-11-15(16)17(21)20-14(5-2)10-13-6-7-13/h9,11,13-14H,4-8,10H2,1-3H3,(H,18,19)(H,20,21). The van der Waals surface area contributed by atoms with E-state index in [1.165, 1.54) is 12.8 Å². The molecule has 0 aliphatic heterocycles. The molecule has 1 atom stereocenters. The minimum Gasteiger partial charge on any atom is -0.384 e. The Morgan fingerprint density at radius 2 is 2.19 bits per heavy atom. The number of hydrogen-bond acceptors (Lipinski definition) is 3. The molecule has 1 amide bonds. The van der Waals surface area contributed by atoms with Crippen LogP contribution >= 0.6 is 0 Å². The Kier molecular flexibility index (Phi) is 5.59. The van der Waals surface area contributed by atoms with E-state index < -0.39 is 0 Å². The summed E-state index contributed by atoms with van der Waals surface area (Å²) in [6.45, 7) is 7.06. The molecule has 1 unspecified atom stereocenters. The van der Waals surface area contributed by atoms with E-state index >= 15 is 0 Å². The topological polar surface area (TPSA) is 54.0 Å². The summed E-state index contributed by atoms with van der Waals surface area (Å²) in [7, 11) is 0. The number of aromatic nitrogens is 1. The van der Waals surface area contributed by atoms with Crippen molar-refractivity contribution in [2.24, 2.45) is 5.92 Å². The molecule has 0 spiro atoms. The first-order chi connectivity index (χ1) is 10.1. The van der Waals surface area contributed by atoms with Crippen LogP contribution in [0.3, 0.4) is 0 Å². The van der Waals surface area contributed by atoms with Crippen molar-refractivity contribution in [1.29, 1.82) is 0 Å². The number of amides is 1. The number of nitrogens with zero attached hydrogens (tertiary/aromatic N) is 1. The molecule has 1 aromatic rings. The summed E-state index contributed by atoms with van der Waals surface area (Å²) in [4.78, 5) is 16.8. The highest BCUT2D eigenvalue weighted by molar-refractivity contribution is 5.99. The second-order valence-electron chi connectivity index (χ2n) is 6.06.